The number of amides is 1. The van der Waals surface area contributed by atoms with Crippen molar-refractivity contribution < 1.29 is 9.53 Å². The van der Waals surface area contributed by atoms with E-state index in [0.717, 1.165) is 10.6 Å². The summed E-state index contributed by atoms with van der Waals surface area (Å²) < 4.78 is 5.29. The van der Waals surface area contributed by atoms with Gasteiger partial charge in [0.05, 0.1) is 22.9 Å². The van der Waals surface area contributed by atoms with E-state index in [9.17, 15) is 4.79 Å². The van der Waals surface area contributed by atoms with Crippen molar-refractivity contribution in [2.75, 3.05) is 10.6 Å². The zero-order chi connectivity index (χ0) is 16.2. The first-order chi connectivity index (χ1) is 10.3. The number of nitrogens with zero attached hydrogens (tertiary/aromatic N) is 1. The van der Waals surface area contributed by atoms with Crippen LogP contribution in [0.15, 0.2) is 36.0 Å². The van der Waals surface area contributed by atoms with E-state index in [4.69, 9.17) is 4.74 Å². The molecule has 0 bridgehead atoms. The number of para-hydroxylation sites is 2. The Kier molecular flexibility index (Phi) is 5.03. The molecule has 0 aliphatic carbocycles. The molecule has 1 amide bonds. The fraction of sp³-hybridized carbons (Fsp3) is 0.375. The van der Waals surface area contributed by atoms with E-state index in [1.807, 2.05) is 51.2 Å². The number of ether oxygens (including phenoxy) is 1. The van der Waals surface area contributed by atoms with Gasteiger partial charge in [0.25, 0.3) is 0 Å². The minimum absolute atomic E-state index is 0.106. The Morgan fingerprint density at radius 1 is 1.27 bits per heavy atom. The minimum Gasteiger partial charge on any atom is -0.444 e. The number of carbonyl (C=O) groups excluding carboxylic acids is 1. The maximum atomic E-state index is 11.9. The van der Waals surface area contributed by atoms with E-state index in [1.165, 1.54) is 0 Å². The van der Waals surface area contributed by atoms with Gasteiger partial charge in [0, 0.05) is 11.1 Å². The van der Waals surface area contributed by atoms with Gasteiger partial charge in [0.2, 0.25) is 0 Å². The summed E-state index contributed by atoms with van der Waals surface area (Å²) in [6.45, 7) is 7.56. The van der Waals surface area contributed by atoms with Crippen molar-refractivity contribution in [3.8, 4) is 0 Å². The average molecular weight is 319 g/mol. The molecule has 2 aromatic rings. The van der Waals surface area contributed by atoms with Crippen LogP contribution in [-0.4, -0.2) is 16.7 Å². The molecule has 0 saturated carbocycles. The summed E-state index contributed by atoms with van der Waals surface area (Å²) in [6, 6.07) is 7.65. The molecule has 0 aliphatic heterocycles. The Labute approximate surface area is 134 Å². The van der Waals surface area contributed by atoms with Gasteiger partial charge in [-0.1, -0.05) is 12.1 Å². The molecule has 1 atom stereocenters. The van der Waals surface area contributed by atoms with Crippen LogP contribution in [0, 0.1) is 0 Å². The third-order valence-corrected chi connectivity index (χ3v) is 3.77. The molecule has 0 saturated heterocycles. The summed E-state index contributed by atoms with van der Waals surface area (Å²) in [5.74, 6) is 0. The van der Waals surface area contributed by atoms with Crippen molar-refractivity contribution >= 4 is 28.8 Å². The predicted molar refractivity (Wildman–Crippen MR) is 90.5 cm³/mol. The fourth-order valence-corrected chi connectivity index (χ4v) is 2.50. The molecule has 0 radical (unpaired) electrons. The van der Waals surface area contributed by atoms with Crippen LogP contribution in [0.25, 0.3) is 0 Å². The van der Waals surface area contributed by atoms with E-state index in [0.29, 0.717) is 5.69 Å². The summed E-state index contributed by atoms with van der Waals surface area (Å²) in [6.07, 6.45) is 1.37. The molecule has 118 valence electrons. The first-order valence-electron chi connectivity index (χ1n) is 7.09. The van der Waals surface area contributed by atoms with Gasteiger partial charge < -0.3 is 10.1 Å². The number of hydrogen-bond acceptors (Lipinski definition) is 5. The highest BCUT2D eigenvalue weighted by molar-refractivity contribution is 7.09. The van der Waals surface area contributed by atoms with Gasteiger partial charge in [0.1, 0.15) is 5.60 Å². The molecule has 1 heterocycles. The fourth-order valence-electron chi connectivity index (χ4n) is 1.88. The van der Waals surface area contributed by atoms with Crippen LogP contribution in [0.3, 0.4) is 0 Å². The first kappa shape index (κ1) is 16.3. The summed E-state index contributed by atoms with van der Waals surface area (Å²) in [5.41, 5.74) is 2.81. The number of anilines is 2. The molecule has 2 N–H and O–H groups in total. The zero-order valence-corrected chi connectivity index (χ0v) is 14.0. The Hall–Kier alpha value is -2.08. The van der Waals surface area contributed by atoms with Crippen molar-refractivity contribution in [2.24, 2.45) is 0 Å². The highest BCUT2D eigenvalue weighted by Crippen LogP contribution is 2.27. The maximum Gasteiger partial charge on any atom is 0.412 e. The van der Waals surface area contributed by atoms with Crippen molar-refractivity contribution in [1.82, 2.24) is 4.98 Å². The maximum absolute atomic E-state index is 11.9. The summed E-state index contributed by atoms with van der Waals surface area (Å²) in [7, 11) is 0. The molecular weight excluding hydrogens is 298 g/mol. The molecule has 0 spiro atoms. The van der Waals surface area contributed by atoms with E-state index in [1.54, 1.807) is 16.8 Å². The zero-order valence-electron chi connectivity index (χ0n) is 13.2. The Morgan fingerprint density at radius 3 is 2.55 bits per heavy atom. The third-order valence-electron chi connectivity index (χ3n) is 2.81. The minimum atomic E-state index is -0.525. The first-order valence-corrected chi connectivity index (χ1v) is 7.97. The Morgan fingerprint density at radius 2 is 1.95 bits per heavy atom. The van der Waals surface area contributed by atoms with Crippen molar-refractivity contribution in [3.63, 3.8) is 0 Å². The SMILES string of the molecule is CC(Nc1ccccc1NC(=O)OC(C)(C)C)c1cncs1. The van der Waals surface area contributed by atoms with Gasteiger partial charge >= 0.3 is 6.09 Å². The number of hydrogen-bond donors (Lipinski definition) is 2. The smallest absolute Gasteiger partial charge is 0.412 e. The van der Waals surface area contributed by atoms with Crippen LogP contribution in [0.5, 0.6) is 0 Å². The molecule has 5 nitrogen and oxygen atoms in total. The average Bonchev–Trinajstić information content (AvgIpc) is 2.92. The van der Waals surface area contributed by atoms with Crippen molar-refractivity contribution in [1.29, 1.82) is 0 Å². The highest BCUT2D eigenvalue weighted by Gasteiger charge is 2.17. The summed E-state index contributed by atoms with van der Waals surface area (Å²) in [4.78, 5) is 17.1. The van der Waals surface area contributed by atoms with Crippen LogP contribution in [0.4, 0.5) is 16.2 Å². The Bertz CT molecular complexity index is 621. The van der Waals surface area contributed by atoms with E-state index < -0.39 is 11.7 Å². The molecule has 6 heteroatoms. The molecule has 0 aliphatic rings. The number of thiazole rings is 1. The van der Waals surface area contributed by atoms with Gasteiger partial charge in [-0.3, -0.25) is 10.3 Å². The number of aromatic nitrogens is 1. The number of carbonyl (C=O) groups is 1. The van der Waals surface area contributed by atoms with Crippen LogP contribution >= 0.6 is 11.3 Å². The summed E-state index contributed by atoms with van der Waals surface area (Å²) in [5, 5.41) is 6.16. The quantitative estimate of drug-likeness (QED) is 0.860. The topological polar surface area (TPSA) is 63.2 Å². The van der Waals surface area contributed by atoms with E-state index in [2.05, 4.69) is 22.5 Å². The van der Waals surface area contributed by atoms with Crippen LogP contribution < -0.4 is 10.6 Å². The monoisotopic (exact) mass is 319 g/mol. The number of benzene rings is 1. The highest BCUT2D eigenvalue weighted by atomic mass is 32.1. The predicted octanol–water partition coefficient (Wildman–Crippen LogP) is 4.66. The summed E-state index contributed by atoms with van der Waals surface area (Å²) >= 11 is 1.59. The molecule has 1 aromatic heterocycles. The van der Waals surface area contributed by atoms with Crippen LogP contribution in [-0.2, 0) is 4.74 Å². The van der Waals surface area contributed by atoms with Crippen molar-refractivity contribution in [2.45, 2.75) is 39.3 Å². The second kappa shape index (κ2) is 6.79. The van der Waals surface area contributed by atoms with Gasteiger partial charge in [-0.15, -0.1) is 11.3 Å². The van der Waals surface area contributed by atoms with Crippen LogP contribution in [0.1, 0.15) is 38.6 Å². The molecule has 1 unspecified atom stereocenters. The lowest BCUT2D eigenvalue weighted by Crippen LogP contribution is -2.27. The normalized spacial score (nSPS) is 12.5. The van der Waals surface area contributed by atoms with Gasteiger partial charge in [-0.25, -0.2) is 4.79 Å². The van der Waals surface area contributed by atoms with Crippen molar-refractivity contribution in [3.05, 3.63) is 40.8 Å². The number of rotatable bonds is 4. The second-order valence-electron chi connectivity index (χ2n) is 5.94. The molecule has 22 heavy (non-hydrogen) atoms. The van der Waals surface area contributed by atoms with Gasteiger partial charge in [0.15, 0.2) is 0 Å². The van der Waals surface area contributed by atoms with E-state index in [-0.39, 0.29) is 6.04 Å². The molecule has 2 rings (SSSR count). The van der Waals surface area contributed by atoms with Gasteiger partial charge in [-0.2, -0.15) is 0 Å². The largest absolute Gasteiger partial charge is 0.444 e. The second-order valence-corrected chi connectivity index (χ2v) is 6.86. The van der Waals surface area contributed by atoms with E-state index >= 15 is 0 Å². The van der Waals surface area contributed by atoms with Gasteiger partial charge in [-0.05, 0) is 39.8 Å². The standard InChI is InChI=1S/C16H21N3O2S/c1-11(14-9-17-10-22-14)18-12-7-5-6-8-13(12)19-15(20)21-16(2,3)4/h5-11,18H,1-4H3,(H,19,20). The lowest BCUT2D eigenvalue weighted by Gasteiger charge is -2.21. The van der Waals surface area contributed by atoms with Crippen LogP contribution in [0.2, 0.25) is 0 Å². The lowest BCUT2D eigenvalue weighted by molar-refractivity contribution is 0.0636. The molecule has 0 fully saturated rings. The third kappa shape index (κ3) is 4.73. The lowest BCUT2D eigenvalue weighted by atomic mass is 10.2. The molecule has 1 aromatic carbocycles. The Balaban J connectivity index is 2.08. The molecular formula is C16H21N3O2S. The number of nitrogens with one attached hydrogen (secondary N) is 2.